The average Bonchev–Trinajstić information content (AvgIpc) is 3.11. The van der Waals surface area contributed by atoms with Gasteiger partial charge in [-0.05, 0) is 56.8 Å². The molecule has 1 aromatic heterocycles. The molecule has 0 radical (unpaired) electrons. The third-order valence-corrected chi connectivity index (χ3v) is 5.29. The number of halogens is 1. The number of carbonyl (C=O) groups excluding carboxylic acids is 1. The lowest BCUT2D eigenvalue weighted by Crippen LogP contribution is -2.39. The minimum atomic E-state index is -0.139. The first-order chi connectivity index (χ1) is 11.7. The summed E-state index contributed by atoms with van der Waals surface area (Å²) in [5.41, 5.74) is 5.37. The highest BCUT2D eigenvalue weighted by Gasteiger charge is 2.22. The Hall–Kier alpha value is -0.870. The lowest BCUT2D eigenvalue weighted by atomic mass is 9.96. The van der Waals surface area contributed by atoms with Crippen LogP contribution in [0.2, 0.25) is 0 Å². The summed E-state index contributed by atoms with van der Waals surface area (Å²) >= 11 is 1.75. The molecule has 0 aliphatic carbocycles. The number of carbonyl (C=O) groups is 1. The van der Waals surface area contributed by atoms with Gasteiger partial charge in [-0.1, -0.05) is 6.07 Å². The van der Waals surface area contributed by atoms with Crippen molar-refractivity contribution in [1.82, 2.24) is 15.5 Å². The van der Waals surface area contributed by atoms with Gasteiger partial charge in [0, 0.05) is 24.4 Å². The summed E-state index contributed by atoms with van der Waals surface area (Å²) in [6.45, 7) is 4.80. The van der Waals surface area contributed by atoms with Crippen molar-refractivity contribution in [2.75, 3.05) is 33.2 Å². The molecule has 1 aliphatic rings. The number of piperidine rings is 1. The Morgan fingerprint density at radius 3 is 2.72 bits per heavy atom. The van der Waals surface area contributed by atoms with E-state index in [1.54, 1.807) is 18.4 Å². The van der Waals surface area contributed by atoms with Crippen LogP contribution in [0, 0.1) is 5.92 Å². The first kappa shape index (κ1) is 22.2. The molecule has 1 aromatic rings. The Kier molecular flexibility index (Phi) is 11.1. The molecule has 1 aliphatic heterocycles. The molecule has 0 bridgehead atoms. The van der Waals surface area contributed by atoms with Gasteiger partial charge in [0.1, 0.15) is 0 Å². The van der Waals surface area contributed by atoms with Crippen molar-refractivity contribution in [2.45, 2.75) is 32.2 Å². The fourth-order valence-corrected chi connectivity index (χ4v) is 3.56. The van der Waals surface area contributed by atoms with Gasteiger partial charge in [0.25, 0.3) is 0 Å². The van der Waals surface area contributed by atoms with E-state index in [0.29, 0.717) is 0 Å². The number of amides is 1. The standard InChI is InChI=1S/C17H29N5OS.HI/c1-19-17(21-13-15-5-4-12-24-15)20-8-2-3-9-22-10-6-14(7-11-22)16(18)23;/h4-5,12,14H,2-3,6-11,13H2,1H3,(H2,18,23)(H2,19,20,21);1H. The van der Waals surface area contributed by atoms with Gasteiger partial charge < -0.3 is 21.3 Å². The van der Waals surface area contributed by atoms with Gasteiger partial charge in [0.2, 0.25) is 5.91 Å². The van der Waals surface area contributed by atoms with Crippen LogP contribution in [0.25, 0.3) is 0 Å². The highest BCUT2D eigenvalue weighted by Crippen LogP contribution is 2.16. The summed E-state index contributed by atoms with van der Waals surface area (Å²) in [5, 5.41) is 8.76. The van der Waals surface area contributed by atoms with Crippen LogP contribution in [0.5, 0.6) is 0 Å². The number of unbranched alkanes of at least 4 members (excludes halogenated alkanes) is 1. The molecule has 25 heavy (non-hydrogen) atoms. The monoisotopic (exact) mass is 479 g/mol. The summed E-state index contributed by atoms with van der Waals surface area (Å²) in [7, 11) is 1.80. The number of likely N-dealkylation sites (tertiary alicyclic amines) is 1. The Morgan fingerprint density at radius 1 is 1.36 bits per heavy atom. The summed E-state index contributed by atoms with van der Waals surface area (Å²) in [6, 6.07) is 4.18. The van der Waals surface area contributed by atoms with E-state index in [-0.39, 0.29) is 35.8 Å². The molecule has 6 nitrogen and oxygen atoms in total. The normalized spacial score (nSPS) is 16.3. The molecule has 2 rings (SSSR count). The second-order valence-corrected chi connectivity index (χ2v) is 7.19. The molecular weight excluding hydrogens is 449 g/mol. The van der Waals surface area contributed by atoms with Crippen molar-refractivity contribution in [3.8, 4) is 0 Å². The molecule has 0 spiro atoms. The number of thiophene rings is 1. The van der Waals surface area contributed by atoms with E-state index in [9.17, 15) is 4.79 Å². The zero-order chi connectivity index (χ0) is 17.2. The summed E-state index contributed by atoms with van der Waals surface area (Å²) < 4.78 is 0. The Morgan fingerprint density at radius 2 is 2.12 bits per heavy atom. The molecule has 0 unspecified atom stereocenters. The van der Waals surface area contributed by atoms with E-state index in [1.165, 1.54) is 4.88 Å². The number of hydrogen-bond donors (Lipinski definition) is 3. The maximum atomic E-state index is 11.2. The predicted octanol–water partition coefficient (Wildman–Crippen LogP) is 2.01. The Balaban J connectivity index is 0.00000312. The molecule has 4 N–H and O–H groups in total. The van der Waals surface area contributed by atoms with Gasteiger partial charge in [-0.15, -0.1) is 35.3 Å². The van der Waals surface area contributed by atoms with Crippen LogP contribution in [0.15, 0.2) is 22.5 Å². The van der Waals surface area contributed by atoms with E-state index < -0.39 is 0 Å². The number of rotatable bonds is 8. The van der Waals surface area contributed by atoms with Crippen LogP contribution < -0.4 is 16.4 Å². The van der Waals surface area contributed by atoms with E-state index in [2.05, 4.69) is 38.0 Å². The van der Waals surface area contributed by atoms with Crippen LogP contribution in [-0.2, 0) is 11.3 Å². The van der Waals surface area contributed by atoms with E-state index in [4.69, 9.17) is 5.73 Å². The zero-order valence-corrected chi connectivity index (χ0v) is 18.0. The maximum Gasteiger partial charge on any atom is 0.220 e. The van der Waals surface area contributed by atoms with Crippen molar-refractivity contribution in [1.29, 1.82) is 0 Å². The van der Waals surface area contributed by atoms with Gasteiger partial charge >= 0.3 is 0 Å². The molecule has 1 amide bonds. The number of aliphatic imine (C=N–C) groups is 1. The number of nitrogens with two attached hydrogens (primary N) is 1. The van der Waals surface area contributed by atoms with Gasteiger partial charge in [0.15, 0.2) is 5.96 Å². The Labute approximate surface area is 171 Å². The number of nitrogens with one attached hydrogen (secondary N) is 2. The SMILES string of the molecule is CN=C(NCCCCN1CCC(C(N)=O)CC1)NCc1cccs1.I. The number of hydrogen-bond acceptors (Lipinski definition) is 4. The highest BCUT2D eigenvalue weighted by molar-refractivity contribution is 14.0. The minimum absolute atomic E-state index is 0. The minimum Gasteiger partial charge on any atom is -0.369 e. The number of primary amides is 1. The van der Waals surface area contributed by atoms with E-state index >= 15 is 0 Å². The van der Waals surface area contributed by atoms with Crippen LogP contribution in [0.4, 0.5) is 0 Å². The third-order valence-electron chi connectivity index (χ3n) is 4.42. The van der Waals surface area contributed by atoms with Crippen molar-refractivity contribution in [3.63, 3.8) is 0 Å². The molecule has 1 saturated heterocycles. The molecule has 0 saturated carbocycles. The van der Waals surface area contributed by atoms with Crippen LogP contribution in [0.3, 0.4) is 0 Å². The molecule has 142 valence electrons. The van der Waals surface area contributed by atoms with Gasteiger partial charge in [-0.2, -0.15) is 0 Å². The van der Waals surface area contributed by atoms with Crippen molar-refractivity contribution < 1.29 is 4.79 Å². The van der Waals surface area contributed by atoms with Crippen LogP contribution in [0.1, 0.15) is 30.6 Å². The molecule has 0 aromatic carbocycles. The summed E-state index contributed by atoms with van der Waals surface area (Å²) in [6.07, 6.45) is 4.07. The van der Waals surface area contributed by atoms with Gasteiger partial charge in [-0.25, -0.2) is 0 Å². The van der Waals surface area contributed by atoms with Crippen LogP contribution in [-0.4, -0.2) is 50.0 Å². The van der Waals surface area contributed by atoms with Crippen molar-refractivity contribution >= 4 is 47.2 Å². The molecule has 0 atom stereocenters. The third kappa shape index (κ3) is 8.37. The molecule has 8 heteroatoms. The molecular formula is C17H30IN5OS. The maximum absolute atomic E-state index is 11.2. The number of guanidine groups is 1. The lowest BCUT2D eigenvalue weighted by Gasteiger charge is -2.30. The smallest absolute Gasteiger partial charge is 0.220 e. The van der Waals surface area contributed by atoms with Gasteiger partial charge in [0.05, 0.1) is 6.54 Å². The van der Waals surface area contributed by atoms with Crippen molar-refractivity contribution in [2.24, 2.45) is 16.6 Å². The van der Waals surface area contributed by atoms with Gasteiger partial charge in [-0.3, -0.25) is 9.79 Å². The number of nitrogens with zero attached hydrogens (tertiary/aromatic N) is 2. The highest BCUT2D eigenvalue weighted by atomic mass is 127. The fraction of sp³-hybridized carbons (Fsp3) is 0.647. The zero-order valence-electron chi connectivity index (χ0n) is 14.9. The quantitative estimate of drug-likeness (QED) is 0.231. The Bertz CT molecular complexity index is 515. The second kappa shape index (κ2) is 12.5. The van der Waals surface area contributed by atoms with Crippen LogP contribution >= 0.6 is 35.3 Å². The predicted molar refractivity (Wildman–Crippen MR) is 116 cm³/mol. The van der Waals surface area contributed by atoms with E-state index in [0.717, 1.165) is 64.4 Å². The largest absolute Gasteiger partial charge is 0.369 e. The average molecular weight is 479 g/mol. The van der Waals surface area contributed by atoms with E-state index in [1.807, 2.05) is 0 Å². The van der Waals surface area contributed by atoms with Crippen molar-refractivity contribution in [3.05, 3.63) is 22.4 Å². The topological polar surface area (TPSA) is 82.8 Å². The lowest BCUT2D eigenvalue weighted by molar-refractivity contribution is -0.123. The molecule has 1 fully saturated rings. The first-order valence-corrected chi connectivity index (χ1v) is 9.55. The summed E-state index contributed by atoms with van der Waals surface area (Å²) in [4.78, 5) is 19.1. The second-order valence-electron chi connectivity index (χ2n) is 6.16. The fourth-order valence-electron chi connectivity index (χ4n) is 2.91. The first-order valence-electron chi connectivity index (χ1n) is 8.67. The summed E-state index contributed by atoms with van der Waals surface area (Å²) in [5.74, 6) is 0.798. The molecule has 2 heterocycles.